The molecule has 0 spiro atoms. The fourth-order valence-electron chi connectivity index (χ4n) is 1.80. The summed E-state index contributed by atoms with van der Waals surface area (Å²) in [6.45, 7) is 4.98. The molecule has 0 saturated carbocycles. The molecule has 0 bridgehead atoms. The van der Waals surface area contributed by atoms with E-state index < -0.39 is 0 Å². The maximum absolute atomic E-state index is 11.7. The van der Waals surface area contributed by atoms with Crippen molar-refractivity contribution in [2.45, 2.75) is 45.6 Å². The lowest BCUT2D eigenvalue weighted by atomic mass is 10.0. The van der Waals surface area contributed by atoms with Crippen molar-refractivity contribution in [1.29, 1.82) is 0 Å². The first-order chi connectivity index (χ1) is 7.74. The summed E-state index contributed by atoms with van der Waals surface area (Å²) in [6, 6.07) is 0. The van der Waals surface area contributed by atoms with E-state index in [1.54, 1.807) is 6.20 Å². The van der Waals surface area contributed by atoms with Gasteiger partial charge in [-0.3, -0.25) is 4.79 Å². The van der Waals surface area contributed by atoms with Crippen LogP contribution in [-0.2, 0) is 16.1 Å². The van der Waals surface area contributed by atoms with Crippen LogP contribution in [0.15, 0.2) is 12.4 Å². The third-order valence-corrected chi connectivity index (χ3v) is 2.73. The molecule has 1 heterocycles. The molecule has 0 fully saturated rings. The van der Waals surface area contributed by atoms with E-state index in [1.807, 2.05) is 17.7 Å². The highest BCUT2D eigenvalue weighted by molar-refractivity contribution is 5.76. The molecule has 0 saturated heterocycles. The van der Waals surface area contributed by atoms with Crippen molar-refractivity contribution in [3.05, 3.63) is 18.2 Å². The van der Waals surface area contributed by atoms with Crippen LogP contribution in [0.3, 0.4) is 0 Å². The Kier molecular flexibility index (Phi) is 5.02. The molecule has 0 aliphatic carbocycles. The molecule has 0 amide bonds. The van der Waals surface area contributed by atoms with E-state index in [1.165, 1.54) is 7.11 Å². The van der Waals surface area contributed by atoms with Crippen LogP contribution in [0.25, 0.3) is 0 Å². The second-order valence-electron chi connectivity index (χ2n) is 3.79. The predicted molar refractivity (Wildman–Crippen MR) is 62.2 cm³/mol. The summed E-state index contributed by atoms with van der Waals surface area (Å²) >= 11 is 0. The molecule has 1 rings (SSSR count). The molecule has 1 unspecified atom stereocenters. The number of carbonyl (C=O) groups is 1. The van der Waals surface area contributed by atoms with Crippen LogP contribution in [0.2, 0.25) is 0 Å². The summed E-state index contributed by atoms with van der Waals surface area (Å²) in [4.78, 5) is 16.0. The molecule has 0 aliphatic rings. The summed E-state index contributed by atoms with van der Waals surface area (Å²) in [5, 5.41) is 0. The number of imidazole rings is 1. The Balaban J connectivity index is 2.87. The van der Waals surface area contributed by atoms with Gasteiger partial charge in [0.2, 0.25) is 0 Å². The molecule has 1 aromatic rings. The van der Waals surface area contributed by atoms with Crippen molar-refractivity contribution >= 4 is 5.97 Å². The van der Waals surface area contributed by atoms with E-state index >= 15 is 0 Å². The van der Waals surface area contributed by atoms with Gasteiger partial charge < -0.3 is 9.30 Å². The third kappa shape index (κ3) is 2.84. The van der Waals surface area contributed by atoms with Crippen LogP contribution in [-0.4, -0.2) is 22.6 Å². The van der Waals surface area contributed by atoms with Gasteiger partial charge in [-0.05, 0) is 13.3 Å². The smallest absolute Gasteiger partial charge is 0.316 e. The molecule has 4 heteroatoms. The average molecular weight is 224 g/mol. The molecule has 0 aliphatic heterocycles. The normalized spacial score (nSPS) is 12.4. The lowest BCUT2D eigenvalue weighted by molar-refractivity contribution is -0.142. The van der Waals surface area contributed by atoms with Gasteiger partial charge in [0.25, 0.3) is 0 Å². The van der Waals surface area contributed by atoms with Gasteiger partial charge in [0, 0.05) is 18.9 Å². The summed E-state index contributed by atoms with van der Waals surface area (Å²) in [5.41, 5.74) is 0. The molecule has 4 nitrogen and oxygen atoms in total. The maximum Gasteiger partial charge on any atom is 0.316 e. The van der Waals surface area contributed by atoms with Crippen molar-refractivity contribution in [3.63, 3.8) is 0 Å². The second kappa shape index (κ2) is 6.30. The van der Waals surface area contributed by atoms with Gasteiger partial charge in [-0.2, -0.15) is 0 Å². The van der Waals surface area contributed by atoms with E-state index in [2.05, 4.69) is 11.9 Å². The van der Waals surface area contributed by atoms with Crippen LogP contribution in [0, 0.1) is 0 Å². The number of methoxy groups -OCH3 is 1. The Hall–Kier alpha value is -1.32. The topological polar surface area (TPSA) is 44.1 Å². The lowest BCUT2D eigenvalue weighted by Crippen LogP contribution is -2.18. The minimum absolute atomic E-state index is 0.186. The van der Waals surface area contributed by atoms with E-state index in [0.29, 0.717) is 0 Å². The zero-order valence-corrected chi connectivity index (χ0v) is 10.3. The first-order valence-electron chi connectivity index (χ1n) is 5.83. The highest BCUT2D eigenvalue weighted by Crippen LogP contribution is 2.22. The van der Waals surface area contributed by atoms with Crippen molar-refractivity contribution in [3.8, 4) is 0 Å². The fraction of sp³-hybridized carbons (Fsp3) is 0.667. The number of ether oxygens (including phenoxy) is 1. The fourth-order valence-corrected chi connectivity index (χ4v) is 1.80. The second-order valence-corrected chi connectivity index (χ2v) is 3.79. The Bertz CT molecular complexity index is 334. The summed E-state index contributed by atoms with van der Waals surface area (Å²) in [6.07, 6.45) is 6.52. The zero-order valence-electron chi connectivity index (χ0n) is 10.3. The van der Waals surface area contributed by atoms with Crippen LogP contribution < -0.4 is 0 Å². The van der Waals surface area contributed by atoms with Gasteiger partial charge in [0.15, 0.2) is 0 Å². The average Bonchev–Trinajstić information content (AvgIpc) is 2.77. The Morgan fingerprint density at radius 2 is 2.31 bits per heavy atom. The van der Waals surface area contributed by atoms with E-state index in [4.69, 9.17) is 4.74 Å². The third-order valence-electron chi connectivity index (χ3n) is 2.73. The minimum Gasteiger partial charge on any atom is -0.468 e. The number of nitrogens with zero attached hydrogens (tertiary/aromatic N) is 2. The van der Waals surface area contributed by atoms with Gasteiger partial charge in [-0.15, -0.1) is 0 Å². The van der Waals surface area contributed by atoms with Crippen molar-refractivity contribution in [1.82, 2.24) is 9.55 Å². The standard InChI is InChI=1S/C12H20N2O2/c1-4-6-7-10(12(15)16-3)11-13-8-9-14(11)5-2/h8-10H,4-7H2,1-3H3. The molecule has 0 aromatic carbocycles. The van der Waals surface area contributed by atoms with Gasteiger partial charge in [0.1, 0.15) is 11.7 Å². The summed E-state index contributed by atoms with van der Waals surface area (Å²) in [7, 11) is 1.43. The van der Waals surface area contributed by atoms with Gasteiger partial charge in [-0.25, -0.2) is 4.98 Å². The molecule has 0 radical (unpaired) electrons. The van der Waals surface area contributed by atoms with Crippen LogP contribution in [0.1, 0.15) is 44.9 Å². The number of aryl methyl sites for hydroxylation is 1. The van der Waals surface area contributed by atoms with Crippen molar-refractivity contribution < 1.29 is 9.53 Å². The van der Waals surface area contributed by atoms with E-state index in [0.717, 1.165) is 31.6 Å². The highest BCUT2D eigenvalue weighted by atomic mass is 16.5. The quantitative estimate of drug-likeness (QED) is 0.697. The molecule has 1 atom stereocenters. The number of carbonyl (C=O) groups excluding carboxylic acids is 1. The summed E-state index contributed by atoms with van der Waals surface area (Å²) in [5.74, 6) is 0.414. The SMILES string of the molecule is CCCCC(C(=O)OC)c1nccn1CC. The van der Waals surface area contributed by atoms with Gasteiger partial charge >= 0.3 is 5.97 Å². The van der Waals surface area contributed by atoms with E-state index in [-0.39, 0.29) is 11.9 Å². The van der Waals surface area contributed by atoms with Crippen molar-refractivity contribution in [2.75, 3.05) is 7.11 Å². The van der Waals surface area contributed by atoms with E-state index in [9.17, 15) is 4.79 Å². The number of esters is 1. The first kappa shape index (κ1) is 12.7. The molecule has 90 valence electrons. The zero-order chi connectivity index (χ0) is 12.0. The number of aromatic nitrogens is 2. The Labute approximate surface area is 96.6 Å². The summed E-state index contributed by atoms with van der Waals surface area (Å²) < 4.78 is 6.84. The lowest BCUT2D eigenvalue weighted by Gasteiger charge is -2.15. The number of rotatable bonds is 6. The highest BCUT2D eigenvalue weighted by Gasteiger charge is 2.24. The largest absolute Gasteiger partial charge is 0.468 e. The Morgan fingerprint density at radius 3 is 2.88 bits per heavy atom. The number of hydrogen-bond acceptors (Lipinski definition) is 3. The maximum atomic E-state index is 11.7. The molecular weight excluding hydrogens is 204 g/mol. The van der Waals surface area contributed by atoms with Gasteiger partial charge in [-0.1, -0.05) is 19.8 Å². The molecule has 1 aromatic heterocycles. The van der Waals surface area contributed by atoms with Crippen LogP contribution in [0.4, 0.5) is 0 Å². The number of unbranched alkanes of at least 4 members (excludes halogenated alkanes) is 1. The van der Waals surface area contributed by atoms with Crippen molar-refractivity contribution in [2.24, 2.45) is 0 Å². The van der Waals surface area contributed by atoms with Gasteiger partial charge in [0.05, 0.1) is 7.11 Å². The minimum atomic E-state index is -0.222. The Morgan fingerprint density at radius 1 is 1.56 bits per heavy atom. The molecule has 16 heavy (non-hydrogen) atoms. The number of hydrogen-bond donors (Lipinski definition) is 0. The first-order valence-corrected chi connectivity index (χ1v) is 5.83. The van der Waals surface area contributed by atoms with Crippen LogP contribution in [0.5, 0.6) is 0 Å². The molecular formula is C12H20N2O2. The molecule has 0 N–H and O–H groups in total. The predicted octanol–water partition coefficient (Wildman–Crippen LogP) is 2.35. The van der Waals surface area contributed by atoms with Crippen LogP contribution >= 0.6 is 0 Å². The monoisotopic (exact) mass is 224 g/mol.